The van der Waals surface area contributed by atoms with Crippen LogP contribution in [0.15, 0.2) is 42.6 Å². The van der Waals surface area contributed by atoms with Crippen molar-refractivity contribution in [3.05, 3.63) is 48.2 Å². The molecule has 6 heteroatoms. The molecule has 0 spiro atoms. The minimum atomic E-state index is -4.42. The average Bonchev–Trinajstić information content (AvgIpc) is 2.31. The van der Waals surface area contributed by atoms with Crippen molar-refractivity contribution in [1.82, 2.24) is 4.98 Å². The van der Waals surface area contributed by atoms with Crippen LogP contribution in [0.25, 0.3) is 0 Å². The van der Waals surface area contributed by atoms with Gasteiger partial charge >= 0.3 is 6.18 Å². The highest BCUT2D eigenvalue weighted by molar-refractivity contribution is 5.70. The lowest BCUT2D eigenvalue weighted by Crippen LogP contribution is -2.09. The van der Waals surface area contributed by atoms with Gasteiger partial charge in [-0.2, -0.15) is 13.2 Å². The molecule has 0 atom stereocenters. The van der Waals surface area contributed by atoms with E-state index in [1.165, 1.54) is 24.4 Å². The average molecular weight is 253 g/mol. The molecule has 0 aliphatic rings. The number of alkyl halides is 3. The molecule has 0 saturated carbocycles. The van der Waals surface area contributed by atoms with Crippen LogP contribution in [-0.2, 0) is 6.18 Å². The second-order valence-corrected chi connectivity index (χ2v) is 3.61. The van der Waals surface area contributed by atoms with Gasteiger partial charge in [-0.15, -0.1) is 0 Å². The van der Waals surface area contributed by atoms with E-state index >= 15 is 0 Å². The molecule has 0 bridgehead atoms. The van der Waals surface area contributed by atoms with E-state index in [1.54, 1.807) is 12.1 Å². The number of para-hydroxylation sites is 1. The van der Waals surface area contributed by atoms with E-state index in [0.29, 0.717) is 0 Å². The molecule has 1 heterocycles. The third-order valence-electron chi connectivity index (χ3n) is 2.32. The summed E-state index contributed by atoms with van der Waals surface area (Å²) in [6.07, 6.45) is -2.97. The normalized spacial score (nSPS) is 11.3. The van der Waals surface area contributed by atoms with E-state index in [9.17, 15) is 13.2 Å². The second kappa shape index (κ2) is 4.56. The molecule has 3 nitrogen and oxygen atoms in total. The first-order chi connectivity index (χ1) is 8.48. The topological polar surface area (TPSA) is 50.9 Å². The van der Waals surface area contributed by atoms with E-state index in [0.717, 1.165) is 6.07 Å². The van der Waals surface area contributed by atoms with Gasteiger partial charge in [-0.1, -0.05) is 12.1 Å². The van der Waals surface area contributed by atoms with Gasteiger partial charge in [0.2, 0.25) is 0 Å². The highest BCUT2D eigenvalue weighted by atomic mass is 19.4. The van der Waals surface area contributed by atoms with Crippen LogP contribution in [0.3, 0.4) is 0 Å². The zero-order valence-electron chi connectivity index (χ0n) is 9.20. The Morgan fingerprint density at radius 1 is 1.06 bits per heavy atom. The first kappa shape index (κ1) is 12.2. The summed E-state index contributed by atoms with van der Waals surface area (Å²) >= 11 is 0. The number of nitrogens with two attached hydrogens (primary N) is 1. The van der Waals surface area contributed by atoms with Gasteiger partial charge in [0.1, 0.15) is 0 Å². The quantitative estimate of drug-likeness (QED) is 0.862. The molecule has 0 amide bonds. The first-order valence-electron chi connectivity index (χ1n) is 5.12. The molecule has 2 rings (SSSR count). The molecule has 0 radical (unpaired) electrons. The summed E-state index contributed by atoms with van der Waals surface area (Å²) in [6.45, 7) is 0. The number of pyridine rings is 1. The number of anilines is 3. The van der Waals surface area contributed by atoms with Gasteiger partial charge in [-0.25, -0.2) is 4.98 Å². The van der Waals surface area contributed by atoms with Crippen LogP contribution in [-0.4, -0.2) is 4.98 Å². The Kier molecular flexibility index (Phi) is 3.10. The van der Waals surface area contributed by atoms with Crippen LogP contribution in [0.4, 0.5) is 30.4 Å². The standard InChI is InChI=1S/C12H10F3N3/c13-12(14,15)8-4-1-2-6-10(8)18-11-9(16)5-3-7-17-11/h1-7H,16H2,(H,17,18). The number of nitrogens with one attached hydrogen (secondary N) is 1. The van der Waals surface area contributed by atoms with Gasteiger partial charge in [-0.3, -0.25) is 0 Å². The maximum absolute atomic E-state index is 12.8. The summed E-state index contributed by atoms with van der Waals surface area (Å²) in [5, 5.41) is 2.59. The van der Waals surface area contributed by atoms with Gasteiger partial charge in [0.15, 0.2) is 5.82 Å². The lowest BCUT2D eigenvalue weighted by Gasteiger charge is -2.14. The van der Waals surface area contributed by atoms with E-state index < -0.39 is 11.7 Å². The predicted octanol–water partition coefficient (Wildman–Crippen LogP) is 3.43. The largest absolute Gasteiger partial charge is 0.418 e. The SMILES string of the molecule is Nc1cccnc1Nc1ccccc1C(F)(F)F. The fourth-order valence-electron chi connectivity index (χ4n) is 1.49. The van der Waals surface area contributed by atoms with Gasteiger partial charge in [0.05, 0.1) is 16.9 Å². The van der Waals surface area contributed by atoms with Crippen molar-refractivity contribution in [3.8, 4) is 0 Å². The molecule has 2 aromatic rings. The zero-order chi connectivity index (χ0) is 13.2. The van der Waals surface area contributed by atoms with Gasteiger partial charge in [0, 0.05) is 6.20 Å². The molecular formula is C12H10F3N3. The minimum absolute atomic E-state index is 0.0737. The van der Waals surface area contributed by atoms with Crippen LogP contribution in [0.2, 0.25) is 0 Å². The monoisotopic (exact) mass is 253 g/mol. The van der Waals surface area contributed by atoms with E-state index in [2.05, 4.69) is 10.3 Å². The number of aromatic nitrogens is 1. The summed E-state index contributed by atoms with van der Waals surface area (Å²) in [4.78, 5) is 3.89. The Balaban J connectivity index is 2.39. The molecule has 0 aliphatic heterocycles. The summed E-state index contributed by atoms with van der Waals surface area (Å²) in [7, 11) is 0. The molecule has 0 aliphatic carbocycles. The molecule has 0 unspecified atom stereocenters. The summed E-state index contributed by atoms with van der Waals surface area (Å²) in [6, 6.07) is 8.34. The molecule has 3 N–H and O–H groups in total. The molecular weight excluding hydrogens is 243 g/mol. The minimum Gasteiger partial charge on any atom is -0.396 e. The van der Waals surface area contributed by atoms with E-state index in [4.69, 9.17) is 5.73 Å². The Morgan fingerprint density at radius 3 is 2.44 bits per heavy atom. The number of nitrogens with zero attached hydrogens (tertiary/aromatic N) is 1. The molecule has 0 saturated heterocycles. The van der Waals surface area contributed by atoms with Crippen molar-refractivity contribution in [1.29, 1.82) is 0 Å². The van der Waals surface area contributed by atoms with Gasteiger partial charge < -0.3 is 11.1 Å². The number of hydrogen-bond acceptors (Lipinski definition) is 3. The molecule has 1 aromatic carbocycles. The van der Waals surface area contributed by atoms with Crippen LogP contribution >= 0.6 is 0 Å². The molecule has 0 fully saturated rings. The van der Waals surface area contributed by atoms with E-state index in [1.807, 2.05) is 0 Å². The fourth-order valence-corrected chi connectivity index (χ4v) is 1.49. The lowest BCUT2D eigenvalue weighted by atomic mass is 10.1. The number of hydrogen-bond donors (Lipinski definition) is 2. The summed E-state index contributed by atoms with van der Waals surface area (Å²) in [5.41, 5.74) is 5.08. The Hall–Kier alpha value is -2.24. The Morgan fingerprint density at radius 2 is 1.78 bits per heavy atom. The number of rotatable bonds is 2. The third kappa shape index (κ3) is 2.53. The van der Waals surface area contributed by atoms with Crippen LogP contribution in [0.5, 0.6) is 0 Å². The summed E-state index contributed by atoms with van der Waals surface area (Å²) < 4.78 is 38.3. The number of benzene rings is 1. The molecule has 18 heavy (non-hydrogen) atoms. The van der Waals surface area contributed by atoms with Crippen molar-refractivity contribution in [2.24, 2.45) is 0 Å². The third-order valence-corrected chi connectivity index (χ3v) is 2.32. The van der Waals surface area contributed by atoms with Crippen molar-refractivity contribution in [3.63, 3.8) is 0 Å². The highest BCUT2D eigenvalue weighted by Gasteiger charge is 2.33. The number of halogens is 3. The van der Waals surface area contributed by atoms with Crippen molar-refractivity contribution < 1.29 is 13.2 Å². The second-order valence-electron chi connectivity index (χ2n) is 3.61. The van der Waals surface area contributed by atoms with E-state index in [-0.39, 0.29) is 17.2 Å². The smallest absolute Gasteiger partial charge is 0.396 e. The fraction of sp³-hybridized carbons (Fsp3) is 0.0833. The highest BCUT2D eigenvalue weighted by Crippen LogP contribution is 2.36. The van der Waals surface area contributed by atoms with Gasteiger partial charge in [0.25, 0.3) is 0 Å². The van der Waals surface area contributed by atoms with Crippen LogP contribution in [0, 0.1) is 0 Å². The number of nitrogen functional groups attached to an aromatic ring is 1. The van der Waals surface area contributed by atoms with Crippen LogP contribution in [0.1, 0.15) is 5.56 Å². The Bertz CT molecular complexity index is 552. The zero-order valence-corrected chi connectivity index (χ0v) is 9.20. The van der Waals surface area contributed by atoms with Crippen LogP contribution < -0.4 is 11.1 Å². The maximum atomic E-state index is 12.8. The predicted molar refractivity (Wildman–Crippen MR) is 63.4 cm³/mol. The molecule has 94 valence electrons. The summed E-state index contributed by atoms with van der Waals surface area (Å²) in [5.74, 6) is 0.203. The van der Waals surface area contributed by atoms with Gasteiger partial charge in [-0.05, 0) is 24.3 Å². The Labute approximate surface area is 101 Å². The van der Waals surface area contributed by atoms with Crippen molar-refractivity contribution in [2.75, 3.05) is 11.1 Å². The molecule has 1 aromatic heterocycles. The van der Waals surface area contributed by atoms with Crippen molar-refractivity contribution in [2.45, 2.75) is 6.18 Å². The van der Waals surface area contributed by atoms with Crippen molar-refractivity contribution >= 4 is 17.2 Å². The lowest BCUT2D eigenvalue weighted by molar-refractivity contribution is -0.136. The maximum Gasteiger partial charge on any atom is 0.418 e. The first-order valence-corrected chi connectivity index (χ1v) is 5.12.